The Morgan fingerprint density at radius 3 is 2.53 bits per heavy atom. The second-order valence-corrected chi connectivity index (χ2v) is 7.28. The Hall–Kier alpha value is -3.88. The van der Waals surface area contributed by atoms with E-state index in [2.05, 4.69) is 19.7 Å². The average molecular weight is 437 g/mol. The molecule has 4 aromatic rings. The van der Waals surface area contributed by atoms with Crippen molar-refractivity contribution >= 4 is 22.9 Å². The molecule has 0 saturated carbocycles. The molecule has 0 aliphatic rings. The van der Waals surface area contributed by atoms with Crippen molar-refractivity contribution in [1.82, 2.24) is 19.5 Å². The first-order chi connectivity index (χ1) is 15.3. The van der Waals surface area contributed by atoms with E-state index in [9.17, 15) is 13.6 Å². The number of alkyl halides is 2. The molecule has 9 heteroatoms. The van der Waals surface area contributed by atoms with Crippen LogP contribution in [0.25, 0.3) is 22.2 Å². The number of rotatable bonds is 6. The van der Waals surface area contributed by atoms with Crippen molar-refractivity contribution in [3.05, 3.63) is 66.2 Å². The van der Waals surface area contributed by atoms with Gasteiger partial charge in [0.25, 0.3) is 0 Å². The maximum absolute atomic E-state index is 12.8. The van der Waals surface area contributed by atoms with Gasteiger partial charge in [-0.1, -0.05) is 24.3 Å². The van der Waals surface area contributed by atoms with Gasteiger partial charge in [0.2, 0.25) is 11.9 Å². The number of amides is 1. The Bertz CT molecular complexity index is 1270. The summed E-state index contributed by atoms with van der Waals surface area (Å²) >= 11 is 0. The number of hydrogen-bond acceptors (Lipinski definition) is 5. The number of carbonyl (C=O) groups excluding carboxylic acids is 1. The molecule has 0 fully saturated rings. The molecule has 0 aliphatic carbocycles. The summed E-state index contributed by atoms with van der Waals surface area (Å²) < 4.78 is 32.2. The van der Waals surface area contributed by atoms with Crippen LogP contribution in [-0.2, 0) is 11.3 Å². The largest absolute Gasteiger partial charge is 0.434 e. The summed E-state index contributed by atoms with van der Waals surface area (Å²) in [4.78, 5) is 26.0. The molecular formula is C23H21F2N5O2. The summed E-state index contributed by atoms with van der Waals surface area (Å²) in [5, 5.41) is 0. The number of imidazole rings is 1. The second-order valence-electron chi connectivity index (χ2n) is 7.28. The number of nitrogens with zero attached hydrogens (tertiary/aromatic N) is 5. The molecule has 0 radical (unpaired) electrons. The molecule has 0 saturated heterocycles. The molecule has 7 nitrogen and oxygen atoms in total. The van der Waals surface area contributed by atoms with Gasteiger partial charge in [0.15, 0.2) is 0 Å². The third kappa shape index (κ3) is 4.27. The van der Waals surface area contributed by atoms with Gasteiger partial charge in [0, 0.05) is 37.5 Å². The van der Waals surface area contributed by atoms with Crippen molar-refractivity contribution in [2.24, 2.45) is 0 Å². The predicted octanol–water partition coefficient (Wildman–Crippen LogP) is 4.43. The van der Waals surface area contributed by atoms with Crippen molar-refractivity contribution in [3.8, 4) is 16.9 Å². The van der Waals surface area contributed by atoms with Crippen LogP contribution in [0.15, 0.2) is 54.9 Å². The Kier molecular flexibility index (Phi) is 5.81. The maximum Gasteiger partial charge on any atom is 0.387 e. The number of carbonyl (C=O) groups is 1. The van der Waals surface area contributed by atoms with Crippen LogP contribution in [0.4, 0.5) is 14.7 Å². The lowest BCUT2D eigenvalue weighted by molar-refractivity contribution is -0.116. The lowest BCUT2D eigenvalue weighted by atomic mass is 10.1. The fraction of sp³-hybridized carbons (Fsp3) is 0.217. The van der Waals surface area contributed by atoms with Crippen molar-refractivity contribution < 1.29 is 18.3 Å². The zero-order valence-corrected chi connectivity index (χ0v) is 17.8. The van der Waals surface area contributed by atoms with Crippen LogP contribution in [0.2, 0.25) is 0 Å². The monoisotopic (exact) mass is 437 g/mol. The van der Waals surface area contributed by atoms with Crippen LogP contribution in [0.5, 0.6) is 5.75 Å². The fourth-order valence-electron chi connectivity index (χ4n) is 3.42. The summed E-state index contributed by atoms with van der Waals surface area (Å²) in [6.45, 7) is 0.742. The molecule has 1 amide bonds. The number of benzene rings is 2. The van der Waals surface area contributed by atoms with Crippen molar-refractivity contribution in [2.45, 2.75) is 27.0 Å². The SMILES string of the molecule is CC(=O)N(C)c1ncc(-c2ccc3nc(C)n(Cc4ccccc4OC(F)F)c3c2)cn1. The summed E-state index contributed by atoms with van der Waals surface area (Å²) in [5.74, 6) is 1.05. The number of aryl methyl sites for hydroxylation is 1. The Labute approximate surface area is 183 Å². The summed E-state index contributed by atoms with van der Waals surface area (Å²) in [6, 6.07) is 12.5. The summed E-state index contributed by atoms with van der Waals surface area (Å²) in [7, 11) is 1.61. The standard InChI is InChI=1S/C23H21F2N5O2/c1-14-28-19-9-8-16(18-11-26-23(27-12-18)29(3)15(2)31)10-20(19)30(14)13-17-6-4-5-7-21(17)32-22(24)25/h4-12,22H,13H2,1-3H3. The molecule has 32 heavy (non-hydrogen) atoms. The number of para-hydroxylation sites is 1. The molecule has 2 aromatic carbocycles. The van der Waals surface area contributed by atoms with E-state index in [-0.39, 0.29) is 11.7 Å². The quantitative estimate of drug-likeness (QED) is 0.446. The first-order valence-corrected chi connectivity index (χ1v) is 9.90. The first kappa shape index (κ1) is 21.4. The smallest absolute Gasteiger partial charge is 0.387 e. The summed E-state index contributed by atoms with van der Waals surface area (Å²) in [5.41, 5.74) is 3.90. The van der Waals surface area contributed by atoms with E-state index in [1.54, 1.807) is 37.6 Å². The molecule has 164 valence electrons. The van der Waals surface area contributed by atoms with Gasteiger partial charge in [-0.15, -0.1) is 0 Å². The van der Waals surface area contributed by atoms with Crippen molar-refractivity contribution in [1.29, 1.82) is 0 Å². The first-order valence-electron chi connectivity index (χ1n) is 9.90. The number of ether oxygens (including phenoxy) is 1. The normalized spacial score (nSPS) is 11.2. The predicted molar refractivity (Wildman–Crippen MR) is 117 cm³/mol. The van der Waals surface area contributed by atoms with Gasteiger partial charge in [-0.05, 0) is 30.7 Å². The molecule has 0 atom stereocenters. The van der Waals surface area contributed by atoms with Crippen LogP contribution >= 0.6 is 0 Å². The molecular weight excluding hydrogens is 416 g/mol. The Morgan fingerprint density at radius 2 is 1.84 bits per heavy atom. The number of anilines is 1. The molecule has 0 spiro atoms. The van der Waals surface area contributed by atoms with E-state index in [0.29, 0.717) is 18.1 Å². The second kappa shape index (κ2) is 8.70. The fourth-order valence-corrected chi connectivity index (χ4v) is 3.42. The third-order valence-corrected chi connectivity index (χ3v) is 5.20. The average Bonchev–Trinajstić information content (AvgIpc) is 3.08. The van der Waals surface area contributed by atoms with Crippen LogP contribution in [0.1, 0.15) is 18.3 Å². The number of aromatic nitrogens is 4. The van der Waals surface area contributed by atoms with E-state index in [0.717, 1.165) is 28.0 Å². The Morgan fingerprint density at radius 1 is 1.12 bits per heavy atom. The van der Waals surface area contributed by atoms with E-state index in [1.165, 1.54) is 17.9 Å². The minimum absolute atomic E-state index is 0.137. The number of hydrogen-bond donors (Lipinski definition) is 0. The van der Waals surface area contributed by atoms with Crippen molar-refractivity contribution in [3.63, 3.8) is 0 Å². The minimum atomic E-state index is -2.90. The van der Waals surface area contributed by atoms with E-state index >= 15 is 0 Å². The van der Waals surface area contributed by atoms with Gasteiger partial charge >= 0.3 is 6.61 Å². The lowest BCUT2D eigenvalue weighted by Crippen LogP contribution is -2.24. The van der Waals surface area contributed by atoms with Crippen LogP contribution in [0.3, 0.4) is 0 Å². The molecule has 0 N–H and O–H groups in total. The molecule has 2 aromatic heterocycles. The Balaban J connectivity index is 1.70. The summed E-state index contributed by atoms with van der Waals surface area (Å²) in [6.07, 6.45) is 3.31. The van der Waals surface area contributed by atoms with E-state index in [4.69, 9.17) is 0 Å². The topological polar surface area (TPSA) is 73.1 Å². The van der Waals surface area contributed by atoms with Crippen LogP contribution in [0, 0.1) is 6.92 Å². The minimum Gasteiger partial charge on any atom is -0.434 e. The van der Waals surface area contributed by atoms with Crippen molar-refractivity contribution in [2.75, 3.05) is 11.9 Å². The van der Waals surface area contributed by atoms with Gasteiger partial charge in [-0.25, -0.2) is 15.0 Å². The highest BCUT2D eigenvalue weighted by Gasteiger charge is 2.15. The molecule has 0 unspecified atom stereocenters. The van der Waals surface area contributed by atoms with Gasteiger partial charge in [0.05, 0.1) is 17.6 Å². The number of halogens is 2. The van der Waals surface area contributed by atoms with Crippen LogP contribution in [-0.4, -0.2) is 39.1 Å². The molecule has 0 bridgehead atoms. The van der Waals surface area contributed by atoms with Crippen LogP contribution < -0.4 is 9.64 Å². The number of fused-ring (bicyclic) bond motifs is 1. The highest BCUT2D eigenvalue weighted by Crippen LogP contribution is 2.28. The van der Waals surface area contributed by atoms with Gasteiger partial charge in [0.1, 0.15) is 11.6 Å². The molecule has 0 aliphatic heterocycles. The van der Waals surface area contributed by atoms with Gasteiger partial charge in [-0.3, -0.25) is 9.69 Å². The zero-order chi connectivity index (χ0) is 22.8. The molecule has 4 rings (SSSR count). The highest BCUT2D eigenvalue weighted by atomic mass is 19.3. The maximum atomic E-state index is 12.8. The highest BCUT2D eigenvalue weighted by molar-refractivity contribution is 5.89. The van der Waals surface area contributed by atoms with Gasteiger partial charge in [-0.2, -0.15) is 8.78 Å². The van der Waals surface area contributed by atoms with E-state index < -0.39 is 6.61 Å². The lowest BCUT2D eigenvalue weighted by Gasteiger charge is -2.13. The third-order valence-electron chi connectivity index (χ3n) is 5.20. The van der Waals surface area contributed by atoms with E-state index in [1.807, 2.05) is 29.7 Å². The molecule has 2 heterocycles. The van der Waals surface area contributed by atoms with Gasteiger partial charge < -0.3 is 9.30 Å². The zero-order valence-electron chi connectivity index (χ0n) is 17.8.